The molecule has 5 nitrogen and oxygen atoms in total. The Kier molecular flexibility index (Phi) is 2.31. The maximum Gasteiger partial charge on any atom is 0.242 e. The van der Waals surface area contributed by atoms with Gasteiger partial charge in [-0.2, -0.15) is 5.26 Å². The number of carbonyl (C=O) groups excluding carboxylic acids is 1. The Morgan fingerprint density at radius 3 is 3.00 bits per heavy atom. The minimum atomic E-state index is -0.754. The van der Waals surface area contributed by atoms with Gasteiger partial charge >= 0.3 is 0 Å². The lowest BCUT2D eigenvalue weighted by molar-refractivity contribution is -0.129. The molecule has 0 saturated carbocycles. The third-order valence-electron chi connectivity index (χ3n) is 2.21. The van der Waals surface area contributed by atoms with Crippen molar-refractivity contribution in [3.63, 3.8) is 0 Å². The number of carbonyl (C=O) groups is 1. The molecule has 1 amide bonds. The van der Waals surface area contributed by atoms with Gasteiger partial charge in [0.05, 0.1) is 18.6 Å². The summed E-state index contributed by atoms with van der Waals surface area (Å²) in [4.78, 5) is 11.3. The summed E-state index contributed by atoms with van der Waals surface area (Å²) in [6, 6.07) is -0.328. The minimum absolute atomic E-state index is 0.279. The first kappa shape index (κ1) is 8.97. The van der Waals surface area contributed by atoms with Crippen molar-refractivity contribution in [3.8, 4) is 6.19 Å². The van der Waals surface area contributed by atoms with E-state index in [0.717, 1.165) is 0 Å². The predicted molar refractivity (Wildman–Crippen MR) is 40.7 cm³/mol. The van der Waals surface area contributed by atoms with Gasteiger partial charge in [0, 0.05) is 6.04 Å². The van der Waals surface area contributed by atoms with Gasteiger partial charge in [-0.3, -0.25) is 10.1 Å². The second-order valence-corrected chi connectivity index (χ2v) is 3.11. The highest BCUT2D eigenvalue weighted by molar-refractivity contribution is 5.84. The van der Waals surface area contributed by atoms with Crippen LogP contribution in [0.1, 0.15) is 6.92 Å². The maximum absolute atomic E-state index is 11.3. The number of nitriles is 1. The van der Waals surface area contributed by atoms with Crippen molar-refractivity contribution in [2.45, 2.75) is 13.0 Å². The Balaban J connectivity index is 2.71. The van der Waals surface area contributed by atoms with Gasteiger partial charge in [0.1, 0.15) is 0 Å². The van der Waals surface area contributed by atoms with Gasteiger partial charge < -0.3 is 10.5 Å². The smallest absolute Gasteiger partial charge is 0.242 e. The van der Waals surface area contributed by atoms with Crippen LogP contribution in [-0.2, 0) is 9.53 Å². The first-order valence-corrected chi connectivity index (χ1v) is 3.64. The van der Waals surface area contributed by atoms with Gasteiger partial charge in [-0.05, 0) is 6.92 Å². The summed E-state index contributed by atoms with van der Waals surface area (Å²) in [7, 11) is 0. The Morgan fingerprint density at radius 1 is 1.92 bits per heavy atom. The first-order valence-electron chi connectivity index (χ1n) is 3.64. The van der Waals surface area contributed by atoms with Crippen LogP contribution >= 0.6 is 0 Å². The molecule has 1 aliphatic heterocycles. The van der Waals surface area contributed by atoms with E-state index in [2.05, 4.69) is 5.32 Å². The summed E-state index contributed by atoms with van der Waals surface area (Å²) in [6.07, 6.45) is 1.58. The van der Waals surface area contributed by atoms with Crippen LogP contribution < -0.4 is 11.1 Å². The molecule has 0 aliphatic carbocycles. The van der Waals surface area contributed by atoms with E-state index in [9.17, 15) is 4.79 Å². The average molecular weight is 169 g/mol. The first-order chi connectivity index (χ1) is 5.61. The molecule has 0 aromatic heterocycles. The van der Waals surface area contributed by atoms with Crippen LogP contribution in [0.25, 0.3) is 0 Å². The van der Waals surface area contributed by atoms with E-state index in [0.29, 0.717) is 6.61 Å². The van der Waals surface area contributed by atoms with Gasteiger partial charge in [-0.1, -0.05) is 0 Å². The number of nitrogens with one attached hydrogen (secondary N) is 1. The fourth-order valence-electron chi connectivity index (χ4n) is 1.12. The largest absolute Gasteiger partial charge is 0.379 e. The number of rotatable bonds is 1. The standard InChI is InChI=1S/C7H11N3O2/c1-7(6(11)10-4-8)3-12-2-5(7)9/h5H,2-3,9H2,1H3,(H,10,11). The number of nitrogens with two attached hydrogens (primary N) is 1. The maximum atomic E-state index is 11.3. The summed E-state index contributed by atoms with van der Waals surface area (Å²) in [6.45, 7) is 2.34. The van der Waals surface area contributed by atoms with E-state index in [1.807, 2.05) is 0 Å². The highest BCUT2D eigenvalue weighted by Crippen LogP contribution is 2.26. The lowest BCUT2D eigenvalue weighted by Gasteiger charge is -2.23. The molecular weight excluding hydrogens is 158 g/mol. The number of ether oxygens (including phenoxy) is 1. The van der Waals surface area contributed by atoms with Crippen molar-refractivity contribution in [1.82, 2.24) is 5.32 Å². The molecule has 1 heterocycles. The van der Waals surface area contributed by atoms with Gasteiger partial charge in [0.2, 0.25) is 5.91 Å². The van der Waals surface area contributed by atoms with Crippen molar-refractivity contribution >= 4 is 5.91 Å². The van der Waals surface area contributed by atoms with Crippen molar-refractivity contribution in [1.29, 1.82) is 5.26 Å². The summed E-state index contributed by atoms with van der Waals surface area (Å²) in [5, 5.41) is 10.3. The van der Waals surface area contributed by atoms with E-state index in [-0.39, 0.29) is 18.6 Å². The van der Waals surface area contributed by atoms with Gasteiger partial charge in [0.15, 0.2) is 6.19 Å². The second-order valence-electron chi connectivity index (χ2n) is 3.11. The number of amides is 1. The van der Waals surface area contributed by atoms with Crippen molar-refractivity contribution in [3.05, 3.63) is 0 Å². The van der Waals surface area contributed by atoms with Crippen LogP contribution in [0.2, 0.25) is 0 Å². The van der Waals surface area contributed by atoms with Gasteiger partial charge in [0.25, 0.3) is 0 Å². The highest BCUT2D eigenvalue weighted by atomic mass is 16.5. The number of hydrogen-bond donors (Lipinski definition) is 2. The molecule has 1 fully saturated rings. The molecule has 1 rings (SSSR count). The van der Waals surface area contributed by atoms with Crippen LogP contribution in [-0.4, -0.2) is 25.2 Å². The molecule has 0 spiro atoms. The van der Waals surface area contributed by atoms with E-state index in [1.165, 1.54) is 0 Å². The molecule has 0 bridgehead atoms. The Morgan fingerprint density at radius 2 is 2.58 bits per heavy atom. The summed E-state index contributed by atoms with van der Waals surface area (Å²) in [5.41, 5.74) is 4.89. The fourth-order valence-corrected chi connectivity index (χ4v) is 1.12. The van der Waals surface area contributed by atoms with Crippen molar-refractivity contribution in [2.24, 2.45) is 11.1 Å². The van der Waals surface area contributed by atoms with E-state index in [1.54, 1.807) is 13.1 Å². The SMILES string of the molecule is CC1(C(=O)NC#N)COCC1N. The quantitative estimate of drug-likeness (QED) is 0.387. The van der Waals surface area contributed by atoms with Crippen LogP contribution in [0.15, 0.2) is 0 Å². The van der Waals surface area contributed by atoms with Crippen LogP contribution in [0.5, 0.6) is 0 Å². The molecule has 12 heavy (non-hydrogen) atoms. The molecule has 5 heteroatoms. The van der Waals surface area contributed by atoms with Crippen LogP contribution in [0.4, 0.5) is 0 Å². The lowest BCUT2D eigenvalue weighted by atomic mass is 9.85. The Hall–Kier alpha value is -1.12. The molecule has 2 atom stereocenters. The van der Waals surface area contributed by atoms with E-state index >= 15 is 0 Å². The molecule has 3 N–H and O–H groups in total. The van der Waals surface area contributed by atoms with E-state index in [4.69, 9.17) is 15.7 Å². The van der Waals surface area contributed by atoms with Crippen molar-refractivity contribution in [2.75, 3.05) is 13.2 Å². The number of nitrogens with zero attached hydrogens (tertiary/aromatic N) is 1. The zero-order valence-corrected chi connectivity index (χ0v) is 6.83. The zero-order valence-electron chi connectivity index (χ0n) is 6.83. The molecule has 0 radical (unpaired) electrons. The second kappa shape index (κ2) is 3.09. The monoisotopic (exact) mass is 169 g/mol. The molecule has 66 valence electrons. The highest BCUT2D eigenvalue weighted by Gasteiger charge is 2.44. The summed E-state index contributed by atoms with van der Waals surface area (Å²) in [5.74, 6) is -0.366. The summed E-state index contributed by atoms with van der Waals surface area (Å²) < 4.78 is 5.04. The molecule has 0 aromatic rings. The normalized spacial score (nSPS) is 34.2. The third kappa shape index (κ3) is 1.26. The Labute approximate surface area is 70.5 Å². The van der Waals surface area contributed by atoms with Crippen molar-refractivity contribution < 1.29 is 9.53 Å². The molecule has 2 unspecified atom stereocenters. The molecule has 1 saturated heterocycles. The average Bonchev–Trinajstić information content (AvgIpc) is 2.34. The van der Waals surface area contributed by atoms with Gasteiger partial charge in [-0.25, -0.2) is 0 Å². The predicted octanol–water partition coefficient (Wildman–Crippen LogP) is -1.05. The molecule has 1 aliphatic rings. The Bertz CT molecular complexity index is 235. The zero-order chi connectivity index (χ0) is 9.19. The van der Waals surface area contributed by atoms with E-state index < -0.39 is 5.41 Å². The minimum Gasteiger partial charge on any atom is -0.379 e. The third-order valence-corrected chi connectivity index (χ3v) is 2.21. The van der Waals surface area contributed by atoms with Crippen LogP contribution in [0, 0.1) is 16.9 Å². The van der Waals surface area contributed by atoms with Gasteiger partial charge in [-0.15, -0.1) is 0 Å². The molecule has 0 aromatic carbocycles. The summed E-state index contributed by atoms with van der Waals surface area (Å²) >= 11 is 0. The molecular formula is C7H11N3O2. The fraction of sp³-hybridized carbons (Fsp3) is 0.714. The van der Waals surface area contributed by atoms with Crippen LogP contribution in [0.3, 0.4) is 0 Å². The number of hydrogen-bond acceptors (Lipinski definition) is 4. The lowest BCUT2D eigenvalue weighted by Crippen LogP contribution is -2.48. The topological polar surface area (TPSA) is 88.1 Å².